The van der Waals surface area contributed by atoms with E-state index in [4.69, 9.17) is 9.98 Å². The van der Waals surface area contributed by atoms with Crippen LogP contribution in [0.5, 0.6) is 0 Å². The molecule has 282 valence electrons. The molecule has 12 rings (SSSR count). The number of hydrogen-bond donors (Lipinski definition) is 0. The SMILES string of the molecule is CC12c3ccccc3SC1C(c1ccc3c4ccccc4c4ccccc4c3c1)=Nc1c(-c3ccc(-c4cc(-c5ccccn5)nc(-c5ccccn5)c4)cc3)cccc12. The molecule has 0 N–H and O–H groups in total. The smallest absolute Gasteiger partial charge is 0.0900 e. The Bertz CT molecular complexity index is 3270. The molecule has 5 heteroatoms. The lowest BCUT2D eigenvalue weighted by atomic mass is 9.69. The first kappa shape index (κ1) is 34.8. The number of benzene rings is 7. The summed E-state index contributed by atoms with van der Waals surface area (Å²) in [6, 6.07) is 65.3. The average molecular weight is 785 g/mol. The minimum Gasteiger partial charge on any atom is -0.255 e. The van der Waals surface area contributed by atoms with Crippen LogP contribution in [0.1, 0.15) is 23.6 Å². The fourth-order valence-corrected chi connectivity index (χ4v) is 11.2. The van der Waals surface area contributed by atoms with Gasteiger partial charge in [-0.1, -0.05) is 133 Å². The number of aromatic nitrogens is 3. The highest BCUT2D eigenvalue weighted by Gasteiger charge is 2.51. The fraction of sp³-hybridized carbons (Fsp3) is 0.0545. The van der Waals surface area contributed by atoms with E-state index in [1.807, 2.05) is 60.6 Å². The Morgan fingerprint density at radius 3 is 1.63 bits per heavy atom. The molecule has 0 saturated heterocycles. The van der Waals surface area contributed by atoms with Gasteiger partial charge in [-0.2, -0.15) is 0 Å². The van der Waals surface area contributed by atoms with Gasteiger partial charge in [0.05, 0.1) is 39.4 Å². The Kier molecular flexibility index (Phi) is 7.94. The van der Waals surface area contributed by atoms with Crippen molar-refractivity contribution >= 4 is 55.5 Å². The molecule has 2 unspecified atom stereocenters. The highest BCUT2D eigenvalue weighted by molar-refractivity contribution is 8.01. The molecule has 60 heavy (non-hydrogen) atoms. The van der Waals surface area contributed by atoms with Crippen LogP contribution in [0.2, 0.25) is 0 Å². The van der Waals surface area contributed by atoms with Crippen molar-refractivity contribution in [3.05, 3.63) is 211 Å². The van der Waals surface area contributed by atoms with Gasteiger partial charge in [-0.25, -0.2) is 4.98 Å². The van der Waals surface area contributed by atoms with Gasteiger partial charge in [0.15, 0.2) is 0 Å². The quantitative estimate of drug-likeness (QED) is 0.163. The van der Waals surface area contributed by atoms with Crippen molar-refractivity contribution in [1.82, 2.24) is 15.0 Å². The zero-order valence-electron chi connectivity index (χ0n) is 32.7. The predicted molar refractivity (Wildman–Crippen MR) is 249 cm³/mol. The maximum Gasteiger partial charge on any atom is 0.0900 e. The molecule has 10 aromatic rings. The fourth-order valence-electron chi connectivity index (χ4n) is 9.61. The van der Waals surface area contributed by atoms with Crippen LogP contribution in [0, 0.1) is 0 Å². The summed E-state index contributed by atoms with van der Waals surface area (Å²) in [6.07, 6.45) is 3.62. The molecule has 2 aliphatic rings. The van der Waals surface area contributed by atoms with Crippen LogP contribution in [-0.4, -0.2) is 25.9 Å². The van der Waals surface area contributed by atoms with Gasteiger partial charge in [-0.05, 0) is 121 Å². The van der Waals surface area contributed by atoms with E-state index in [2.05, 4.69) is 162 Å². The number of fused-ring (bicyclic) bond motifs is 11. The zero-order valence-corrected chi connectivity index (χ0v) is 33.6. The van der Waals surface area contributed by atoms with Crippen molar-refractivity contribution in [2.75, 3.05) is 0 Å². The number of para-hydroxylation sites is 1. The van der Waals surface area contributed by atoms with Gasteiger partial charge in [-0.3, -0.25) is 15.0 Å². The Morgan fingerprint density at radius 1 is 0.433 bits per heavy atom. The summed E-state index contributed by atoms with van der Waals surface area (Å²) in [6.45, 7) is 2.43. The molecule has 0 saturated carbocycles. The Labute approximate surface area is 352 Å². The van der Waals surface area contributed by atoms with E-state index in [1.165, 1.54) is 53.9 Å². The maximum absolute atomic E-state index is 5.76. The molecule has 0 aliphatic carbocycles. The first-order valence-electron chi connectivity index (χ1n) is 20.4. The van der Waals surface area contributed by atoms with Crippen LogP contribution in [0.25, 0.3) is 77.3 Å². The Morgan fingerprint density at radius 2 is 0.983 bits per heavy atom. The van der Waals surface area contributed by atoms with Gasteiger partial charge < -0.3 is 0 Å². The highest BCUT2D eigenvalue weighted by Crippen LogP contribution is 2.59. The van der Waals surface area contributed by atoms with Gasteiger partial charge >= 0.3 is 0 Å². The summed E-state index contributed by atoms with van der Waals surface area (Å²) >= 11 is 1.95. The van der Waals surface area contributed by atoms with Crippen molar-refractivity contribution in [3.63, 3.8) is 0 Å². The van der Waals surface area contributed by atoms with Crippen molar-refractivity contribution in [2.24, 2.45) is 4.99 Å². The molecule has 5 heterocycles. The number of thioether (sulfide) groups is 1. The highest BCUT2D eigenvalue weighted by atomic mass is 32.2. The number of rotatable bonds is 5. The van der Waals surface area contributed by atoms with Crippen LogP contribution in [0.3, 0.4) is 0 Å². The third-order valence-electron chi connectivity index (χ3n) is 12.5. The number of aliphatic imine (C=N–C) groups is 1. The van der Waals surface area contributed by atoms with Crippen LogP contribution in [-0.2, 0) is 5.41 Å². The van der Waals surface area contributed by atoms with Crippen LogP contribution >= 0.6 is 11.8 Å². The van der Waals surface area contributed by atoms with Crippen molar-refractivity contribution < 1.29 is 0 Å². The van der Waals surface area contributed by atoms with Gasteiger partial charge in [0.25, 0.3) is 0 Å². The third-order valence-corrected chi connectivity index (χ3v) is 14.1. The summed E-state index contributed by atoms with van der Waals surface area (Å²) in [5.74, 6) is 0. The largest absolute Gasteiger partial charge is 0.255 e. The number of pyridine rings is 3. The molecule has 0 amide bonds. The second kappa shape index (κ2) is 13.7. The summed E-state index contributed by atoms with van der Waals surface area (Å²) in [5, 5.41) is 7.74. The molecule has 0 spiro atoms. The maximum atomic E-state index is 5.76. The minimum absolute atomic E-state index is 0.109. The average Bonchev–Trinajstić information content (AvgIpc) is 3.64. The summed E-state index contributed by atoms with van der Waals surface area (Å²) in [7, 11) is 0. The third kappa shape index (κ3) is 5.39. The molecule has 0 bridgehead atoms. The van der Waals surface area contributed by atoms with E-state index in [0.29, 0.717) is 0 Å². The van der Waals surface area contributed by atoms with Gasteiger partial charge in [0, 0.05) is 28.3 Å². The van der Waals surface area contributed by atoms with E-state index in [-0.39, 0.29) is 10.7 Å². The van der Waals surface area contributed by atoms with Gasteiger partial charge in [0.1, 0.15) is 0 Å². The van der Waals surface area contributed by atoms with Crippen molar-refractivity contribution in [2.45, 2.75) is 22.5 Å². The molecular weight excluding hydrogens is 749 g/mol. The van der Waals surface area contributed by atoms with Crippen molar-refractivity contribution in [1.29, 1.82) is 0 Å². The summed E-state index contributed by atoms with van der Waals surface area (Å²) < 4.78 is 0. The lowest BCUT2D eigenvalue weighted by Crippen LogP contribution is -2.40. The zero-order chi connectivity index (χ0) is 39.8. The molecular formula is C55H36N4S. The Hall–Kier alpha value is -7.21. The molecule has 2 aliphatic heterocycles. The van der Waals surface area contributed by atoms with Gasteiger partial charge in [-0.15, -0.1) is 11.8 Å². The Balaban J connectivity index is 1.02. The molecule has 7 aromatic carbocycles. The summed E-state index contributed by atoms with van der Waals surface area (Å²) in [4.78, 5) is 21.3. The van der Waals surface area contributed by atoms with E-state index in [9.17, 15) is 0 Å². The second-order valence-corrected chi connectivity index (χ2v) is 17.0. The molecule has 0 radical (unpaired) electrons. The van der Waals surface area contributed by atoms with Crippen LogP contribution in [0.4, 0.5) is 5.69 Å². The molecule has 3 aromatic heterocycles. The van der Waals surface area contributed by atoms with Crippen molar-refractivity contribution in [3.8, 4) is 45.0 Å². The molecule has 2 atom stereocenters. The summed E-state index contributed by atoms with van der Waals surface area (Å²) in [5.41, 5.74) is 13.3. The molecule has 0 fully saturated rings. The minimum atomic E-state index is -0.287. The lowest BCUT2D eigenvalue weighted by Gasteiger charge is -2.38. The van der Waals surface area contributed by atoms with Crippen LogP contribution in [0.15, 0.2) is 204 Å². The first-order valence-corrected chi connectivity index (χ1v) is 21.3. The monoisotopic (exact) mass is 784 g/mol. The van der Waals surface area contributed by atoms with E-state index in [1.54, 1.807) is 0 Å². The topological polar surface area (TPSA) is 51.0 Å². The van der Waals surface area contributed by atoms with E-state index < -0.39 is 0 Å². The number of nitrogens with zero attached hydrogens (tertiary/aromatic N) is 4. The van der Waals surface area contributed by atoms with E-state index in [0.717, 1.165) is 56.4 Å². The van der Waals surface area contributed by atoms with Crippen LogP contribution < -0.4 is 0 Å². The standard InChI is InChI=1S/C55H36N4S/c1-55-45-18-6-7-22-51(45)60-54(55)52(36-27-28-43-41-15-3-2-13-39(41)40-14-4-5-16-42(40)44(43)31-36)59-53-38(17-12-19-46(53)55)35-25-23-34(24-26-35)37-32-49(47-20-8-10-29-56-47)58-50(33-37)48-21-9-11-30-57-48/h2-33,54H,1H3. The second-order valence-electron chi connectivity index (χ2n) is 15.9. The predicted octanol–water partition coefficient (Wildman–Crippen LogP) is 13.9. The number of hydrogen-bond acceptors (Lipinski definition) is 5. The van der Waals surface area contributed by atoms with E-state index >= 15 is 0 Å². The first-order chi connectivity index (χ1) is 29.6. The molecule has 4 nitrogen and oxygen atoms in total. The van der Waals surface area contributed by atoms with Gasteiger partial charge in [0.2, 0.25) is 0 Å². The lowest BCUT2D eigenvalue weighted by molar-refractivity contribution is 0.608. The normalized spacial score (nSPS) is 16.7.